The minimum absolute atomic E-state index is 0.0373. The number of benzene rings is 1. The van der Waals surface area contributed by atoms with Crippen LogP contribution in [0.5, 0.6) is 5.88 Å². The second kappa shape index (κ2) is 13.2. The van der Waals surface area contributed by atoms with Crippen LogP contribution in [0.25, 0.3) is 11.0 Å². The summed E-state index contributed by atoms with van der Waals surface area (Å²) in [6, 6.07) is 4.81. The van der Waals surface area contributed by atoms with Gasteiger partial charge in [0.05, 0.1) is 31.2 Å². The van der Waals surface area contributed by atoms with Crippen LogP contribution in [0.1, 0.15) is 69.1 Å². The zero-order valence-electron chi connectivity index (χ0n) is 25.4. The molecule has 0 aliphatic carbocycles. The molecule has 2 heterocycles. The Morgan fingerprint density at radius 2 is 1.76 bits per heavy atom. The summed E-state index contributed by atoms with van der Waals surface area (Å²) in [4.78, 5) is 31.5. The number of carbonyl (C=O) groups is 1. The van der Waals surface area contributed by atoms with E-state index in [2.05, 4.69) is 47.7 Å². The highest BCUT2D eigenvalue weighted by molar-refractivity contribution is 6.48. The van der Waals surface area contributed by atoms with Gasteiger partial charge < -0.3 is 18.5 Å². The zero-order chi connectivity index (χ0) is 30.6. The van der Waals surface area contributed by atoms with Gasteiger partial charge in [0.25, 0.3) is 0 Å². The highest BCUT2D eigenvalue weighted by Crippen LogP contribution is 2.38. The van der Waals surface area contributed by atoms with Gasteiger partial charge in [0.15, 0.2) is 0 Å². The van der Waals surface area contributed by atoms with Gasteiger partial charge in [-0.2, -0.15) is 4.98 Å². The molecule has 0 bridgehead atoms. The van der Waals surface area contributed by atoms with Crippen LogP contribution in [0.2, 0.25) is 13.1 Å². The van der Waals surface area contributed by atoms with E-state index in [4.69, 9.17) is 18.9 Å². The Morgan fingerprint density at radius 3 is 2.29 bits per heavy atom. The van der Waals surface area contributed by atoms with Gasteiger partial charge >= 0.3 is 5.97 Å². The summed E-state index contributed by atoms with van der Waals surface area (Å²) in [7, 11) is 0.361. The summed E-state index contributed by atoms with van der Waals surface area (Å²) in [5, 5.41) is 0.225. The van der Waals surface area contributed by atoms with Crippen molar-refractivity contribution in [2.45, 2.75) is 79.6 Å². The number of halogens is 2. The van der Waals surface area contributed by atoms with Crippen molar-refractivity contribution in [3.63, 3.8) is 0 Å². The van der Waals surface area contributed by atoms with Crippen molar-refractivity contribution in [2.75, 3.05) is 13.7 Å². The van der Waals surface area contributed by atoms with Crippen LogP contribution in [-0.2, 0) is 22.0 Å². The third-order valence-electron chi connectivity index (χ3n) is 6.94. The lowest BCUT2D eigenvalue weighted by atomic mass is 9.80. The molecule has 0 aliphatic heterocycles. The first-order chi connectivity index (χ1) is 19.2. The zero-order valence-corrected chi connectivity index (χ0v) is 26.4. The van der Waals surface area contributed by atoms with Crippen molar-refractivity contribution in [1.82, 2.24) is 9.55 Å². The smallest absolute Gasteiger partial charge is 0.343 e. The number of esters is 1. The molecular formula is C31H41F2N2O5Si. The van der Waals surface area contributed by atoms with E-state index in [-0.39, 0.29) is 59.8 Å². The van der Waals surface area contributed by atoms with E-state index in [1.54, 1.807) is 13.0 Å². The maximum atomic E-state index is 14.3. The minimum atomic E-state index is -1.12. The Labute approximate surface area is 242 Å². The van der Waals surface area contributed by atoms with Crippen molar-refractivity contribution in [1.29, 1.82) is 0 Å². The van der Waals surface area contributed by atoms with E-state index in [0.717, 1.165) is 6.07 Å². The number of fused-ring (bicyclic) bond motifs is 1. The Kier molecular flexibility index (Phi) is 10.5. The maximum absolute atomic E-state index is 14.3. The third kappa shape index (κ3) is 7.40. The molecule has 3 rings (SSSR count). The standard InChI is InChI=1S/C31H41F2N2O5Si/c1-10-39-30(37)23-17-35(25(18(2)3)27(31(4,5)6)40-41(8)9)28-22(26(23)36)15-20(29(34-28)38-7)12-11-19-13-14-21(32)16-24(19)33/h13-18,25,27H,10-12H2,1-9H3/t25-,27?/m0/s1. The molecule has 2 atom stereocenters. The summed E-state index contributed by atoms with van der Waals surface area (Å²) >= 11 is 0. The molecule has 1 aromatic carbocycles. The van der Waals surface area contributed by atoms with Crippen molar-refractivity contribution >= 4 is 26.0 Å². The van der Waals surface area contributed by atoms with Gasteiger partial charge in [-0.15, -0.1) is 0 Å². The summed E-state index contributed by atoms with van der Waals surface area (Å²) in [5.74, 6) is -1.70. The highest BCUT2D eigenvalue weighted by atomic mass is 28.3. The van der Waals surface area contributed by atoms with Crippen LogP contribution < -0.4 is 10.2 Å². The molecule has 1 radical (unpaired) electrons. The molecule has 0 aliphatic rings. The fourth-order valence-electron chi connectivity index (χ4n) is 5.06. The lowest BCUT2D eigenvalue weighted by molar-refractivity contribution is 0.0209. The number of aryl methyl sites for hydroxylation is 2. The molecule has 10 heteroatoms. The molecule has 1 unspecified atom stereocenters. The van der Waals surface area contributed by atoms with Gasteiger partial charge in [-0.05, 0) is 61.9 Å². The average molecular weight is 588 g/mol. The average Bonchev–Trinajstić information content (AvgIpc) is 2.87. The lowest BCUT2D eigenvalue weighted by Crippen LogP contribution is -2.43. The fourth-order valence-corrected chi connectivity index (χ4v) is 6.06. The van der Waals surface area contributed by atoms with Crippen LogP contribution >= 0.6 is 0 Å². The van der Waals surface area contributed by atoms with E-state index < -0.39 is 32.1 Å². The second-order valence-electron chi connectivity index (χ2n) is 11.8. The number of aromatic nitrogens is 2. The van der Waals surface area contributed by atoms with Gasteiger partial charge in [0, 0.05) is 17.8 Å². The molecular weight excluding hydrogens is 546 g/mol. The lowest BCUT2D eigenvalue weighted by Gasteiger charge is -2.41. The number of hydrogen-bond donors (Lipinski definition) is 0. The van der Waals surface area contributed by atoms with E-state index in [0.29, 0.717) is 16.8 Å². The molecule has 0 N–H and O–H groups in total. The number of nitrogens with zero attached hydrogens (tertiary/aromatic N) is 2. The molecule has 41 heavy (non-hydrogen) atoms. The molecule has 0 saturated carbocycles. The number of ether oxygens (including phenoxy) is 2. The minimum Gasteiger partial charge on any atom is -0.481 e. The predicted molar refractivity (Wildman–Crippen MR) is 158 cm³/mol. The molecule has 0 fully saturated rings. The monoisotopic (exact) mass is 587 g/mol. The van der Waals surface area contributed by atoms with Gasteiger partial charge in [-0.25, -0.2) is 13.6 Å². The Morgan fingerprint density at radius 1 is 1.10 bits per heavy atom. The number of methoxy groups -OCH3 is 1. The first-order valence-corrected chi connectivity index (χ1v) is 16.3. The molecule has 0 amide bonds. The third-order valence-corrected chi connectivity index (χ3v) is 7.67. The van der Waals surface area contributed by atoms with E-state index in [1.807, 2.05) is 4.57 Å². The van der Waals surface area contributed by atoms with Gasteiger partial charge in [-0.1, -0.05) is 40.7 Å². The van der Waals surface area contributed by atoms with Crippen molar-refractivity contribution in [3.05, 3.63) is 69.0 Å². The van der Waals surface area contributed by atoms with Crippen LogP contribution in [0.15, 0.2) is 35.3 Å². The predicted octanol–water partition coefficient (Wildman–Crippen LogP) is 6.52. The van der Waals surface area contributed by atoms with Gasteiger partial charge in [0.1, 0.15) is 22.8 Å². The largest absolute Gasteiger partial charge is 0.481 e. The van der Waals surface area contributed by atoms with Crippen LogP contribution in [0.4, 0.5) is 8.78 Å². The van der Waals surface area contributed by atoms with Crippen LogP contribution in [0.3, 0.4) is 0 Å². The number of pyridine rings is 2. The summed E-state index contributed by atoms with van der Waals surface area (Å²) in [6.07, 6.45) is 1.78. The second-order valence-corrected chi connectivity index (χ2v) is 13.9. The van der Waals surface area contributed by atoms with E-state index >= 15 is 0 Å². The Hall–Kier alpha value is -3.11. The number of rotatable bonds is 11. The Balaban J connectivity index is 2.30. The number of hydrogen-bond acceptors (Lipinski definition) is 6. The molecule has 2 aromatic heterocycles. The van der Waals surface area contributed by atoms with Crippen LogP contribution in [-0.4, -0.2) is 44.4 Å². The van der Waals surface area contributed by atoms with Crippen molar-refractivity contribution in [3.8, 4) is 5.88 Å². The van der Waals surface area contributed by atoms with Crippen molar-refractivity contribution in [2.24, 2.45) is 11.3 Å². The van der Waals surface area contributed by atoms with E-state index in [9.17, 15) is 18.4 Å². The SMILES string of the molecule is CCOC(=O)c1cn([C@@H](C(C)C)C(O[Si](C)C)C(C)(C)C)c2nc(OC)c(CCc3ccc(F)cc3F)cc2c1=O. The molecule has 223 valence electrons. The number of carbonyl (C=O) groups excluding carboxylic acids is 1. The fraction of sp³-hybridized carbons (Fsp3) is 0.516. The maximum Gasteiger partial charge on any atom is 0.343 e. The quantitative estimate of drug-likeness (QED) is 0.188. The Bertz CT molecular complexity index is 1450. The van der Waals surface area contributed by atoms with Gasteiger partial charge in [0.2, 0.25) is 20.3 Å². The van der Waals surface area contributed by atoms with E-state index in [1.165, 1.54) is 25.4 Å². The first-order valence-electron chi connectivity index (χ1n) is 13.9. The summed E-state index contributed by atoms with van der Waals surface area (Å²) < 4.78 is 47.1. The summed E-state index contributed by atoms with van der Waals surface area (Å²) in [6.45, 7) is 16.4. The highest BCUT2D eigenvalue weighted by Gasteiger charge is 2.38. The van der Waals surface area contributed by atoms with Gasteiger partial charge in [-0.3, -0.25) is 4.79 Å². The molecule has 3 aromatic rings. The normalized spacial score (nSPS) is 13.6. The molecule has 0 spiro atoms. The first kappa shape index (κ1) is 32.4. The van der Waals surface area contributed by atoms with Crippen LogP contribution in [0, 0.1) is 23.0 Å². The molecule has 7 nitrogen and oxygen atoms in total. The van der Waals surface area contributed by atoms with Crippen molar-refractivity contribution < 1.29 is 27.5 Å². The molecule has 0 saturated heterocycles. The topological polar surface area (TPSA) is 79.7 Å². The summed E-state index contributed by atoms with van der Waals surface area (Å²) in [5.41, 5.74) is 0.358.